The van der Waals surface area contributed by atoms with Gasteiger partial charge in [-0.1, -0.05) is 30.7 Å². The molecule has 0 bridgehead atoms. The van der Waals surface area contributed by atoms with E-state index in [2.05, 4.69) is 5.32 Å². The molecule has 1 N–H and O–H groups in total. The van der Waals surface area contributed by atoms with Crippen molar-refractivity contribution in [1.29, 1.82) is 0 Å². The quantitative estimate of drug-likeness (QED) is 0.885. The first kappa shape index (κ1) is 14.7. The fraction of sp³-hybridized carbons (Fsp3) is 0.312. The van der Waals surface area contributed by atoms with Crippen LogP contribution in [0.3, 0.4) is 0 Å². The maximum Gasteiger partial charge on any atom is 0.223 e. The van der Waals surface area contributed by atoms with Crippen molar-refractivity contribution >= 4 is 17.5 Å². The summed E-state index contributed by atoms with van der Waals surface area (Å²) in [5, 5.41) is 3.64. The molecule has 0 aliphatic carbocycles. The molecule has 1 heterocycles. The second kappa shape index (κ2) is 7.15. The first-order valence-corrected chi connectivity index (χ1v) is 7.07. The number of furan rings is 1. The molecule has 2 aromatic rings. The zero-order valence-corrected chi connectivity index (χ0v) is 12.2. The van der Waals surface area contributed by atoms with Crippen molar-refractivity contribution in [3.8, 4) is 0 Å². The minimum absolute atomic E-state index is 0.0616. The lowest BCUT2D eigenvalue weighted by Gasteiger charge is -2.12. The molecule has 20 heavy (non-hydrogen) atoms. The summed E-state index contributed by atoms with van der Waals surface area (Å²) < 4.78 is 5.22. The number of nitrogens with one attached hydrogen (secondary N) is 1. The molecule has 0 aliphatic heterocycles. The third-order valence-electron chi connectivity index (χ3n) is 3.15. The van der Waals surface area contributed by atoms with Crippen molar-refractivity contribution in [3.63, 3.8) is 0 Å². The summed E-state index contributed by atoms with van der Waals surface area (Å²) in [6.07, 6.45) is 3.07. The molecule has 0 aliphatic rings. The number of carbonyl (C=O) groups is 1. The van der Waals surface area contributed by atoms with E-state index in [1.165, 1.54) is 0 Å². The van der Waals surface area contributed by atoms with Gasteiger partial charge in [0.25, 0.3) is 0 Å². The fourth-order valence-corrected chi connectivity index (χ4v) is 2.13. The molecule has 0 saturated carbocycles. The Bertz CT molecular complexity index is 534. The van der Waals surface area contributed by atoms with Crippen molar-refractivity contribution in [2.75, 3.05) is 6.54 Å². The molecular weight excluding hydrogens is 274 g/mol. The Morgan fingerprint density at radius 1 is 1.30 bits per heavy atom. The highest BCUT2D eigenvalue weighted by molar-refractivity contribution is 6.30. The van der Waals surface area contributed by atoms with Gasteiger partial charge in [0.2, 0.25) is 5.91 Å². The van der Waals surface area contributed by atoms with Crippen LogP contribution in [-0.4, -0.2) is 12.5 Å². The molecule has 1 atom stereocenters. The Kier molecular flexibility index (Phi) is 5.24. The predicted molar refractivity (Wildman–Crippen MR) is 79.7 cm³/mol. The maximum atomic E-state index is 12.0. The van der Waals surface area contributed by atoms with Gasteiger partial charge in [-0.3, -0.25) is 4.79 Å². The van der Waals surface area contributed by atoms with E-state index in [9.17, 15) is 4.79 Å². The zero-order chi connectivity index (χ0) is 14.4. The second-order valence-corrected chi connectivity index (χ2v) is 5.29. The van der Waals surface area contributed by atoms with Crippen LogP contribution in [0.1, 0.15) is 18.2 Å². The monoisotopic (exact) mass is 291 g/mol. The third kappa shape index (κ3) is 4.42. The molecule has 0 saturated heterocycles. The summed E-state index contributed by atoms with van der Waals surface area (Å²) in [6, 6.07) is 11.4. The molecular formula is C16H18ClNO2. The molecule has 106 valence electrons. The molecule has 1 aromatic carbocycles. The van der Waals surface area contributed by atoms with Gasteiger partial charge in [-0.15, -0.1) is 0 Å². The summed E-state index contributed by atoms with van der Waals surface area (Å²) in [4.78, 5) is 12.0. The normalized spacial score (nSPS) is 12.1. The van der Waals surface area contributed by atoms with Crippen LogP contribution in [0.5, 0.6) is 0 Å². The van der Waals surface area contributed by atoms with Crippen LogP contribution in [0.15, 0.2) is 47.1 Å². The summed E-state index contributed by atoms with van der Waals surface area (Å²) in [5.74, 6) is 0.884. The van der Waals surface area contributed by atoms with E-state index >= 15 is 0 Å². The molecule has 1 amide bonds. The highest BCUT2D eigenvalue weighted by Crippen LogP contribution is 2.13. The van der Waals surface area contributed by atoms with Gasteiger partial charge < -0.3 is 9.73 Å². The Hall–Kier alpha value is -1.74. The van der Waals surface area contributed by atoms with Crippen LogP contribution in [0, 0.1) is 5.92 Å². The van der Waals surface area contributed by atoms with Crippen LogP contribution in [-0.2, 0) is 17.6 Å². The van der Waals surface area contributed by atoms with Crippen LogP contribution in [0.4, 0.5) is 0 Å². The number of carbonyl (C=O) groups excluding carboxylic acids is 1. The summed E-state index contributed by atoms with van der Waals surface area (Å²) in [5.41, 5.74) is 1.11. The summed E-state index contributed by atoms with van der Waals surface area (Å²) in [7, 11) is 0. The first-order chi connectivity index (χ1) is 9.65. The number of hydrogen-bond donors (Lipinski definition) is 1. The lowest BCUT2D eigenvalue weighted by Crippen LogP contribution is -2.31. The first-order valence-electron chi connectivity index (χ1n) is 6.69. The smallest absolute Gasteiger partial charge is 0.223 e. The van der Waals surface area contributed by atoms with E-state index in [1.807, 2.05) is 43.3 Å². The van der Waals surface area contributed by atoms with E-state index in [0.29, 0.717) is 24.4 Å². The lowest BCUT2D eigenvalue weighted by atomic mass is 10.0. The van der Waals surface area contributed by atoms with E-state index in [-0.39, 0.29) is 11.8 Å². The highest BCUT2D eigenvalue weighted by Gasteiger charge is 2.13. The standard InChI is InChI=1S/C16H18ClNO2/c1-12(11-13-4-6-14(17)7-5-13)16(19)18-9-8-15-3-2-10-20-15/h2-7,10,12H,8-9,11H2,1H3,(H,18,19). The van der Waals surface area contributed by atoms with Gasteiger partial charge in [0.1, 0.15) is 5.76 Å². The average Bonchev–Trinajstić information content (AvgIpc) is 2.94. The van der Waals surface area contributed by atoms with Gasteiger partial charge >= 0.3 is 0 Å². The van der Waals surface area contributed by atoms with Crippen molar-refractivity contribution in [3.05, 3.63) is 59.0 Å². The van der Waals surface area contributed by atoms with Crippen LogP contribution >= 0.6 is 11.6 Å². The maximum absolute atomic E-state index is 12.0. The van der Waals surface area contributed by atoms with Crippen LogP contribution in [0.25, 0.3) is 0 Å². The van der Waals surface area contributed by atoms with Crippen molar-refractivity contribution in [2.45, 2.75) is 19.8 Å². The molecule has 0 radical (unpaired) electrons. The summed E-state index contributed by atoms with van der Waals surface area (Å²) >= 11 is 5.84. The van der Waals surface area contributed by atoms with Gasteiger partial charge in [-0.05, 0) is 36.2 Å². The Morgan fingerprint density at radius 2 is 2.05 bits per heavy atom. The van der Waals surface area contributed by atoms with Gasteiger partial charge in [0.05, 0.1) is 6.26 Å². The Morgan fingerprint density at radius 3 is 2.70 bits per heavy atom. The molecule has 1 unspecified atom stereocenters. The Balaban J connectivity index is 1.75. The third-order valence-corrected chi connectivity index (χ3v) is 3.41. The zero-order valence-electron chi connectivity index (χ0n) is 11.4. The molecule has 1 aromatic heterocycles. The van der Waals surface area contributed by atoms with Gasteiger partial charge in [0, 0.05) is 23.9 Å². The SMILES string of the molecule is CC(Cc1ccc(Cl)cc1)C(=O)NCCc1ccco1. The molecule has 0 spiro atoms. The van der Waals surface area contributed by atoms with Gasteiger partial charge in [0.15, 0.2) is 0 Å². The molecule has 4 heteroatoms. The van der Waals surface area contributed by atoms with Crippen molar-refractivity contribution in [2.24, 2.45) is 5.92 Å². The number of halogens is 1. The van der Waals surface area contributed by atoms with E-state index in [4.69, 9.17) is 16.0 Å². The van der Waals surface area contributed by atoms with Crippen LogP contribution in [0.2, 0.25) is 5.02 Å². The fourth-order valence-electron chi connectivity index (χ4n) is 2.00. The van der Waals surface area contributed by atoms with E-state index in [0.717, 1.165) is 11.3 Å². The summed E-state index contributed by atoms with van der Waals surface area (Å²) in [6.45, 7) is 2.52. The van der Waals surface area contributed by atoms with Gasteiger partial charge in [-0.2, -0.15) is 0 Å². The minimum atomic E-state index is -0.0622. The minimum Gasteiger partial charge on any atom is -0.469 e. The number of hydrogen-bond acceptors (Lipinski definition) is 2. The average molecular weight is 292 g/mol. The second-order valence-electron chi connectivity index (χ2n) is 4.85. The van der Waals surface area contributed by atoms with E-state index < -0.39 is 0 Å². The highest BCUT2D eigenvalue weighted by atomic mass is 35.5. The number of amides is 1. The lowest BCUT2D eigenvalue weighted by molar-refractivity contribution is -0.124. The largest absolute Gasteiger partial charge is 0.469 e. The topological polar surface area (TPSA) is 42.2 Å². The van der Waals surface area contributed by atoms with Crippen LogP contribution < -0.4 is 5.32 Å². The van der Waals surface area contributed by atoms with Crippen molar-refractivity contribution < 1.29 is 9.21 Å². The predicted octanol–water partition coefficient (Wildman–Crippen LogP) is 3.47. The molecule has 3 nitrogen and oxygen atoms in total. The van der Waals surface area contributed by atoms with Gasteiger partial charge in [-0.25, -0.2) is 0 Å². The molecule has 2 rings (SSSR count). The molecule has 0 fully saturated rings. The number of benzene rings is 1. The number of rotatable bonds is 6. The van der Waals surface area contributed by atoms with Crippen molar-refractivity contribution in [1.82, 2.24) is 5.32 Å². The Labute approximate surface area is 123 Å². The van der Waals surface area contributed by atoms with E-state index in [1.54, 1.807) is 6.26 Å².